The summed E-state index contributed by atoms with van der Waals surface area (Å²) in [5.41, 5.74) is 2.00. The summed E-state index contributed by atoms with van der Waals surface area (Å²) in [6.07, 6.45) is 0. The van der Waals surface area contributed by atoms with Crippen molar-refractivity contribution < 1.29 is 4.79 Å². The van der Waals surface area contributed by atoms with E-state index in [-0.39, 0.29) is 5.82 Å². The van der Waals surface area contributed by atoms with Crippen LogP contribution in [0, 0.1) is 0 Å². The van der Waals surface area contributed by atoms with Crippen LogP contribution in [0.3, 0.4) is 0 Å². The summed E-state index contributed by atoms with van der Waals surface area (Å²) in [7, 11) is 0. The lowest BCUT2D eigenvalue weighted by Crippen LogP contribution is -2.14. The molecule has 0 unspecified atom stereocenters. The number of carbonyl (C=O) groups excluding carboxylic acids is 1. The van der Waals surface area contributed by atoms with Gasteiger partial charge >= 0.3 is 0 Å². The van der Waals surface area contributed by atoms with E-state index in [1.165, 1.54) is 0 Å². The Morgan fingerprint density at radius 1 is 0.862 bits per heavy atom. The van der Waals surface area contributed by atoms with E-state index < -0.39 is 5.91 Å². The molecule has 1 amide bonds. The fourth-order valence-corrected chi connectivity index (χ4v) is 3.22. The number of benzene rings is 3. The number of amides is 1. The fourth-order valence-electron chi connectivity index (χ4n) is 2.73. The molecule has 1 aromatic heterocycles. The molecule has 0 saturated heterocycles. The molecule has 144 valence electrons. The monoisotopic (exact) mass is 442 g/mol. The molecule has 0 aliphatic heterocycles. The van der Waals surface area contributed by atoms with Crippen LogP contribution in [0.5, 0.6) is 0 Å². The summed E-state index contributed by atoms with van der Waals surface area (Å²) >= 11 is 18.1. The summed E-state index contributed by atoms with van der Waals surface area (Å²) in [6, 6.07) is 21.5. The highest BCUT2D eigenvalue weighted by atomic mass is 35.5. The van der Waals surface area contributed by atoms with Crippen molar-refractivity contribution in [2.24, 2.45) is 0 Å². The van der Waals surface area contributed by atoms with Crippen LogP contribution in [-0.4, -0.2) is 20.7 Å². The Kier molecular flexibility index (Phi) is 5.53. The first kappa shape index (κ1) is 19.5. The third-order valence-electron chi connectivity index (χ3n) is 4.07. The van der Waals surface area contributed by atoms with Crippen molar-refractivity contribution in [3.63, 3.8) is 0 Å². The molecule has 0 aliphatic rings. The first-order valence-corrected chi connectivity index (χ1v) is 9.69. The Morgan fingerprint density at radius 2 is 1.66 bits per heavy atom. The summed E-state index contributed by atoms with van der Waals surface area (Å²) in [4.78, 5) is 17.2. The zero-order chi connectivity index (χ0) is 20.4. The summed E-state index contributed by atoms with van der Waals surface area (Å²) in [6.45, 7) is 0. The third-order valence-corrected chi connectivity index (χ3v) is 5.05. The minimum atomic E-state index is -0.471. The lowest BCUT2D eigenvalue weighted by molar-refractivity contribution is 0.101. The number of halogens is 3. The van der Waals surface area contributed by atoms with Gasteiger partial charge in [-0.25, -0.2) is 9.67 Å². The van der Waals surface area contributed by atoms with Crippen LogP contribution in [0.4, 0.5) is 5.69 Å². The van der Waals surface area contributed by atoms with Gasteiger partial charge in [-0.15, -0.1) is 5.10 Å². The van der Waals surface area contributed by atoms with Gasteiger partial charge in [0.25, 0.3) is 5.91 Å². The van der Waals surface area contributed by atoms with Crippen molar-refractivity contribution in [3.05, 3.63) is 93.7 Å². The van der Waals surface area contributed by atoms with Gasteiger partial charge in [-0.05, 0) is 42.5 Å². The zero-order valence-corrected chi connectivity index (χ0v) is 17.1. The second-order valence-electron chi connectivity index (χ2n) is 6.10. The fraction of sp³-hybridized carbons (Fsp3) is 0. The van der Waals surface area contributed by atoms with E-state index in [9.17, 15) is 4.79 Å². The molecule has 0 radical (unpaired) electrons. The van der Waals surface area contributed by atoms with E-state index in [4.69, 9.17) is 34.8 Å². The van der Waals surface area contributed by atoms with Crippen molar-refractivity contribution in [1.29, 1.82) is 0 Å². The molecular weight excluding hydrogens is 431 g/mol. The van der Waals surface area contributed by atoms with Crippen molar-refractivity contribution in [3.8, 4) is 17.1 Å². The molecular formula is C21H13Cl3N4O. The van der Waals surface area contributed by atoms with Crippen molar-refractivity contribution in [2.75, 3.05) is 5.32 Å². The summed E-state index contributed by atoms with van der Waals surface area (Å²) in [5.74, 6) is 0.0363. The maximum atomic E-state index is 12.8. The van der Waals surface area contributed by atoms with E-state index >= 15 is 0 Å². The number of rotatable bonds is 4. The average molecular weight is 444 g/mol. The first-order chi connectivity index (χ1) is 14.0. The van der Waals surface area contributed by atoms with E-state index in [1.54, 1.807) is 35.0 Å². The smallest absolute Gasteiger partial charge is 0.295 e. The number of para-hydroxylation sites is 1. The normalized spacial score (nSPS) is 10.7. The molecule has 29 heavy (non-hydrogen) atoms. The molecule has 0 fully saturated rings. The number of anilines is 1. The second kappa shape index (κ2) is 8.25. The molecule has 0 bridgehead atoms. The van der Waals surface area contributed by atoms with E-state index in [0.29, 0.717) is 26.6 Å². The van der Waals surface area contributed by atoms with Crippen LogP contribution in [0.1, 0.15) is 10.6 Å². The van der Waals surface area contributed by atoms with Gasteiger partial charge in [0.2, 0.25) is 5.82 Å². The van der Waals surface area contributed by atoms with Gasteiger partial charge in [0.15, 0.2) is 5.82 Å². The Morgan fingerprint density at radius 3 is 2.38 bits per heavy atom. The van der Waals surface area contributed by atoms with Gasteiger partial charge in [-0.1, -0.05) is 65.1 Å². The number of aromatic nitrogens is 3. The van der Waals surface area contributed by atoms with Gasteiger partial charge in [-0.3, -0.25) is 4.79 Å². The molecule has 4 aromatic rings. The molecule has 0 aliphatic carbocycles. The molecule has 1 heterocycles. The molecule has 1 N–H and O–H groups in total. The van der Waals surface area contributed by atoms with E-state index in [2.05, 4.69) is 15.4 Å². The number of hydrogen-bond acceptors (Lipinski definition) is 3. The number of hydrogen-bond donors (Lipinski definition) is 1. The highest BCUT2D eigenvalue weighted by molar-refractivity contribution is 6.42. The van der Waals surface area contributed by atoms with Gasteiger partial charge < -0.3 is 5.32 Å². The standard InChI is InChI=1S/C21H13Cl3N4O/c22-14-6-4-5-13(11-14)20-26-19(27-28(20)16-7-2-1-3-8-16)21(29)25-15-9-10-17(23)18(24)12-15/h1-12H,(H,25,29). The second-order valence-corrected chi connectivity index (χ2v) is 7.35. The Balaban J connectivity index is 1.74. The number of nitrogens with zero attached hydrogens (tertiary/aromatic N) is 3. The minimum absolute atomic E-state index is 0.00917. The highest BCUT2D eigenvalue weighted by Crippen LogP contribution is 2.26. The summed E-state index contributed by atoms with van der Waals surface area (Å²) < 4.78 is 1.61. The molecule has 0 atom stereocenters. The average Bonchev–Trinajstić information content (AvgIpc) is 3.17. The van der Waals surface area contributed by atoms with Crippen molar-refractivity contribution in [2.45, 2.75) is 0 Å². The molecule has 0 spiro atoms. The number of nitrogens with one attached hydrogen (secondary N) is 1. The Bertz CT molecular complexity index is 1190. The van der Waals surface area contributed by atoms with Crippen molar-refractivity contribution in [1.82, 2.24) is 14.8 Å². The van der Waals surface area contributed by atoms with Gasteiger partial charge in [0.05, 0.1) is 15.7 Å². The van der Waals surface area contributed by atoms with Gasteiger partial charge in [0, 0.05) is 16.3 Å². The quantitative estimate of drug-likeness (QED) is 0.412. The zero-order valence-electron chi connectivity index (χ0n) is 14.8. The predicted molar refractivity (Wildman–Crippen MR) is 116 cm³/mol. The van der Waals surface area contributed by atoms with Crippen LogP contribution in [0.2, 0.25) is 15.1 Å². The first-order valence-electron chi connectivity index (χ1n) is 8.56. The van der Waals surface area contributed by atoms with Crippen molar-refractivity contribution >= 4 is 46.4 Å². The van der Waals surface area contributed by atoms with Crippen LogP contribution < -0.4 is 5.32 Å². The number of carbonyl (C=O) groups is 1. The SMILES string of the molecule is O=C(Nc1ccc(Cl)c(Cl)c1)c1nc(-c2cccc(Cl)c2)n(-c2ccccc2)n1. The highest BCUT2D eigenvalue weighted by Gasteiger charge is 2.19. The topological polar surface area (TPSA) is 59.8 Å². The van der Waals surface area contributed by atoms with Gasteiger partial charge in [-0.2, -0.15) is 0 Å². The maximum absolute atomic E-state index is 12.8. The summed E-state index contributed by atoms with van der Waals surface area (Å²) in [5, 5.41) is 8.45. The molecule has 3 aromatic carbocycles. The Hall–Kier alpha value is -2.86. The lowest BCUT2D eigenvalue weighted by atomic mass is 10.2. The lowest BCUT2D eigenvalue weighted by Gasteiger charge is -2.05. The van der Waals surface area contributed by atoms with E-state index in [1.807, 2.05) is 42.5 Å². The molecule has 8 heteroatoms. The maximum Gasteiger partial charge on any atom is 0.295 e. The van der Waals surface area contributed by atoms with Crippen LogP contribution in [0.15, 0.2) is 72.8 Å². The van der Waals surface area contributed by atoms with Crippen LogP contribution in [0.25, 0.3) is 17.1 Å². The minimum Gasteiger partial charge on any atom is -0.319 e. The molecule has 4 rings (SSSR count). The van der Waals surface area contributed by atoms with Crippen LogP contribution >= 0.6 is 34.8 Å². The Labute approximate surface area is 181 Å². The largest absolute Gasteiger partial charge is 0.319 e. The molecule has 5 nitrogen and oxygen atoms in total. The van der Waals surface area contributed by atoms with Crippen LogP contribution in [-0.2, 0) is 0 Å². The van der Waals surface area contributed by atoms with E-state index in [0.717, 1.165) is 11.3 Å². The molecule has 0 saturated carbocycles. The third kappa shape index (κ3) is 4.27. The predicted octanol–water partition coefficient (Wildman–Crippen LogP) is 6.15. The van der Waals surface area contributed by atoms with Gasteiger partial charge in [0.1, 0.15) is 0 Å².